The molecule has 2 nitrogen and oxygen atoms in total. The third kappa shape index (κ3) is 1.14. The van der Waals surface area contributed by atoms with Crippen molar-refractivity contribution in [2.75, 3.05) is 0 Å². The zero-order chi connectivity index (χ0) is 8.55. The van der Waals surface area contributed by atoms with E-state index >= 15 is 0 Å². The van der Waals surface area contributed by atoms with Crippen LogP contribution in [0.15, 0.2) is 40.5 Å². The monoisotopic (exact) mass is 179 g/mol. The van der Waals surface area contributed by atoms with Crippen LogP contribution < -0.4 is 0 Å². The largest absolute Gasteiger partial charge is 0.294 e. The van der Waals surface area contributed by atoms with Gasteiger partial charge in [0.05, 0.1) is 11.6 Å². The number of ketones is 1. The molecule has 0 saturated heterocycles. The van der Waals surface area contributed by atoms with Crippen molar-refractivity contribution < 1.29 is 4.79 Å². The SMILES string of the molecule is O=C1C=CN=C2C=C(Cl)C=CC12. The maximum absolute atomic E-state index is 11.2. The Hall–Kier alpha value is -1.15. The number of halogens is 1. The number of hydrogen-bond donors (Lipinski definition) is 0. The molecule has 60 valence electrons. The second kappa shape index (κ2) is 2.72. The molecule has 3 heteroatoms. The van der Waals surface area contributed by atoms with Gasteiger partial charge in [0.1, 0.15) is 0 Å². The molecule has 1 heterocycles. The van der Waals surface area contributed by atoms with Gasteiger partial charge in [-0.25, -0.2) is 0 Å². The number of carbonyl (C=O) groups is 1. The molecule has 0 aromatic carbocycles. The first-order valence-electron chi connectivity index (χ1n) is 3.61. The van der Waals surface area contributed by atoms with Gasteiger partial charge in [0.15, 0.2) is 5.78 Å². The first kappa shape index (κ1) is 7.50. The number of fused-ring (bicyclic) bond motifs is 1. The van der Waals surface area contributed by atoms with Gasteiger partial charge in [0, 0.05) is 17.3 Å². The number of rotatable bonds is 0. The molecule has 0 aromatic heterocycles. The maximum Gasteiger partial charge on any atom is 0.170 e. The summed E-state index contributed by atoms with van der Waals surface area (Å²) in [6, 6.07) is 0. The first-order chi connectivity index (χ1) is 5.77. The lowest BCUT2D eigenvalue weighted by atomic mass is 9.92. The molecule has 2 rings (SSSR count). The minimum Gasteiger partial charge on any atom is -0.294 e. The molecule has 0 N–H and O–H groups in total. The molecular formula is C9H6ClNO. The summed E-state index contributed by atoms with van der Waals surface area (Å²) < 4.78 is 0. The minimum absolute atomic E-state index is 0.0664. The van der Waals surface area contributed by atoms with Crippen molar-refractivity contribution in [3.8, 4) is 0 Å². The Balaban J connectivity index is 2.43. The highest BCUT2D eigenvalue weighted by Crippen LogP contribution is 2.20. The average Bonchev–Trinajstić information content (AvgIpc) is 2.04. The number of hydrogen-bond acceptors (Lipinski definition) is 2. The predicted octanol–water partition coefficient (Wildman–Crippen LogP) is 1.83. The van der Waals surface area contributed by atoms with Gasteiger partial charge in [-0.2, -0.15) is 0 Å². The van der Waals surface area contributed by atoms with E-state index < -0.39 is 0 Å². The van der Waals surface area contributed by atoms with Crippen LogP contribution in [0.25, 0.3) is 0 Å². The van der Waals surface area contributed by atoms with Gasteiger partial charge in [-0.15, -0.1) is 0 Å². The second-order valence-electron chi connectivity index (χ2n) is 2.64. The van der Waals surface area contributed by atoms with Crippen LogP contribution in [-0.2, 0) is 4.79 Å². The minimum atomic E-state index is -0.211. The van der Waals surface area contributed by atoms with Crippen molar-refractivity contribution in [1.29, 1.82) is 0 Å². The molecular weight excluding hydrogens is 174 g/mol. The van der Waals surface area contributed by atoms with Gasteiger partial charge >= 0.3 is 0 Å². The average molecular weight is 180 g/mol. The van der Waals surface area contributed by atoms with Crippen LogP contribution >= 0.6 is 11.6 Å². The lowest BCUT2D eigenvalue weighted by Gasteiger charge is -2.15. The van der Waals surface area contributed by atoms with Crippen LogP contribution in [0.3, 0.4) is 0 Å². The van der Waals surface area contributed by atoms with E-state index in [0.717, 1.165) is 5.71 Å². The van der Waals surface area contributed by atoms with E-state index in [-0.39, 0.29) is 11.7 Å². The number of carbonyl (C=O) groups excluding carboxylic acids is 1. The Bertz CT molecular complexity index is 350. The van der Waals surface area contributed by atoms with E-state index in [1.54, 1.807) is 18.2 Å². The normalized spacial score (nSPS) is 26.4. The van der Waals surface area contributed by atoms with Gasteiger partial charge in [-0.1, -0.05) is 17.7 Å². The summed E-state index contributed by atoms with van der Waals surface area (Å²) in [6.07, 6.45) is 8.20. The van der Waals surface area contributed by atoms with Crippen LogP contribution in [0.1, 0.15) is 0 Å². The zero-order valence-electron chi connectivity index (χ0n) is 6.20. The van der Waals surface area contributed by atoms with Crippen molar-refractivity contribution in [1.82, 2.24) is 0 Å². The van der Waals surface area contributed by atoms with Crippen LogP contribution in [0.5, 0.6) is 0 Å². The van der Waals surface area contributed by atoms with Crippen LogP contribution in [0.2, 0.25) is 0 Å². The second-order valence-corrected chi connectivity index (χ2v) is 3.07. The van der Waals surface area contributed by atoms with Crippen LogP contribution in [0.4, 0.5) is 0 Å². The summed E-state index contributed by atoms with van der Waals surface area (Å²) in [6.45, 7) is 0. The summed E-state index contributed by atoms with van der Waals surface area (Å²) in [5.41, 5.74) is 0.731. The lowest BCUT2D eigenvalue weighted by molar-refractivity contribution is -0.115. The molecule has 0 radical (unpaired) electrons. The van der Waals surface area contributed by atoms with Gasteiger partial charge in [0.2, 0.25) is 0 Å². The fraction of sp³-hybridized carbons (Fsp3) is 0.111. The molecule has 0 spiro atoms. The van der Waals surface area contributed by atoms with E-state index in [1.807, 2.05) is 0 Å². The molecule has 0 amide bonds. The third-order valence-corrected chi connectivity index (χ3v) is 2.06. The Labute approximate surface area is 74.9 Å². The third-order valence-electron chi connectivity index (χ3n) is 1.82. The summed E-state index contributed by atoms with van der Waals surface area (Å²) in [5, 5.41) is 0.619. The zero-order valence-corrected chi connectivity index (χ0v) is 6.95. The predicted molar refractivity (Wildman–Crippen MR) is 48.1 cm³/mol. The fourth-order valence-corrected chi connectivity index (χ4v) is 1.41. The highest BCUT2D eigenvalue weighted by molar-refractivity contribution is 6.34. The number of nitrogens with zero attached hydrogens (tertiary/aromatic N) is 1. The summed E-state index contributed by atoms with van der Waals surface area (Å²) >= 11 is 5.74. The Morgan fingerprint density at radius 2 is 2.25 bits per heavy atom. The topological polar surface area (TPSA) is 29.4 Å². The molecule has 0 bridgehead atoms. The van der Waals surface area contributed by atoms with Gasteiger partial charge in [-0.05, 0) is 12.2 Å². The highest BCUT2D eigenvalue weighted by atomic mass is 35.5. The number of allylic oxidation sites excluding steroid dienone is 5. The maximum atomic E-state index is 11.2. The Morgan fingerprint density at radius 3 is 3.08 bits per heavy atom. The van der Waals surface area contributed by atoms with Crippen molar-refractivity contribution in [2.24, 2.45) is 10.9 Å². The quantitative estimate of drug-likeness (QED) is 0.558. The van der Waals surface area contributed by atoms with Gasteiger partial charge in [0.25, 0.3) is 0 Å². The molecule has 1 atom stereocenters. The Morgan fingerprint density at radius 1 is 1.42 bits per heavy atom. The fourth-order valence-electron chi connectivity index (χ4n) is 1.22. The highest BCUT2D eigenvalue weighted by Gasteiger charge is 2.22. The molecule has 0 saturated carbocycles. The molecule has 1 unspecified atom stereocenters. The van der Waals surface area contributed by atoms with Gasteiger partial charge < -0.3 is 0 Å². The molecule has 1 aliphatic carbocycles. The molecule has 12 heavy (non-hydrogen) atoms. The van der Waals surface area contributed by atoms with E-state index in [2.05, 4.69) is 4.99 Å². The molecule has 0 fully saturated rings. The standard InChI is InChI=1S/C9H6ClNO/c10-6-1-2-7-8(5-6)11-4-3-9(7)12/h1-5,7H. The van der Waals surface area contributed by atoms with E-state index in [9.17, 15) is 4.79 Å². The summed E-state index contributed by atoms with van der Waals surface area (Å²) in [5.74, 6) is -0.144. The Kier molecular flexibility index (Phi) is 1.70. The van der Waals surface area contributed by atoms with Crippen molar-refractivity contribution in [3.63, 3.8) is 0 Å². The van der Waals surface area contributed by atoms with Crippen LogP contribution in [0, 0.1) is 5.92 Å². The van der Waals surface area contributed by atoms with E-state index in [0.29, 0.717) is 5.03 Å². The van der Waals surface area contributed by atoms with Crippen molar-refractivity contribution in [2.45, 2.75) is 0 Å². The van der Waals surface area contributed by atoms with Gasteiger partial charge in [-0.3, -0.25) is 9.79 Å². The van der Waals surface area contributed by atoms with E-state index in [4.69, 9.17) is 11.6 Å². The first-order valence-corrected chi connectivity index (χ1v) is 3.98. The summed E-state index contributed by atoms with van der Waals surface area (Å²) in [7, 11) is 0. The molecule has 2 aliphatic rings. The van der Waals surface area contributed by atoms with Crippen molar-refractivity contribution in [3.05, 3.63) is 35.5 Å². The molecule has 0 aromatic rings. The molecule has 1 aliphatic heterocycles. The lowest BCUT2D eigenvalue weighted by Crippen LogP contribution is -2.23. The van der Waals surface area contributed by atoms with E-state index in [1.165, 1.54) is 12.3 Å². The smallest absolute Gasteiger partial charge is 0.170 e. The number of aliphatic imine (C=N–C) groups is 1. The summed E-state index contributed by atoms with van der Waals surface area (Å²) in [4.78, 5) is 15.3. The van der Waals surface area contributed by atoms with Crippen LogP contribution in [-0.4, -0.2) is 11.5 Å². The van der Waals surface area contributed by atoms with Crippen molar-refractivity contribution >= 4 is 23.1 Å².